The van der Waals surface area contributed by atoms with Gasteiger partial charge in [-0.3, -0.25) is 9.48 Å². The highest BCUT2D eigenvalue weighted by molar-refractivity contribution is 5.64. The molecule has 1 N–H and O–H groups in total. The third-order valence-electron chi connectivity index (χ3n) is 2.49. The monoisotopic (exact) mass is 244 g/mol. The normalized spacial score (nSPS) is 11.6. The number of nitrogens with zero attached hydrogens (tertiary/aromatic N) is 3. The summed E-state index contributed by atoms with van der Waals surface area (Å²) in [4.78, 5) is 18.2. The molecule has 0 bridgehead atoms. The highest BCUT2D eigenvalue weighted by atomic mass is 16.1. The van der Waals surface area contributed by atoms with E-state index < -0.39 is 0 Å². The first-order valence-corrected chi connectivity index (χ1v) is 5.86. The smallest absolute Gasteiger partial charge is 0.251 e. The average molecular weight is 244 g/mol. The molecular formula is C13H16N4O. The minimum Gasteiger partial charge on any atom is -0.307 e. The van der Waals surface area contributed by atoms with Crippen LogP contribution < -0.4 is 5.56 Å². The van der Waals surface area contributed by atoms with Gasteiger partial charge in [0, 0.05) is 24.0 Å². The second-order valence-electron chi connectivity index (χ2n) is 4.40. The summed E-state index contributed by atoms with van der Waals surface area (Å²) in [5.74, 6) is 0.552. The summed E-state index contributed by atoms with van der Waals surface area (Å²) in [6, 6.07) is 3.68. The fraction of sp³-hybridized carbons (Fsp3) is 0.308. The van der Waals surface area contributed by atoms with Crippen molar-refractivity contribution < 1.29 is 0 Å². The lowest BCUT2D eigenvalue weighted by atomic mass is 10.3. The number of H-pyrrole nitrogens is 1. The van der Waals surface area contributed by atoms with E-state index in [9.17, 15) is 4.79 Å². The van der Waals surface area contributed by atoms with Crippen LogP contribution in [0.5, 0.6) is 0 Å². The van der Waals surface area contributed by atoms with Crippen LogP contribution in [-0.2, 0) is 0 Å². The van der Waals surface area contributed by atoms with Crippen LogP contribution in [0.25, 0.3) is 12.2 Å². The number of aromatic amines is 1. The van der Waals surface area contributed by atoms with Gasteiger partial charge < -0.3 is 4.98 Å². The maximum atomic E-state index is 11.3. The van der Waals surface area contributed by atoms with E-state index in [0.717, 1.165) is 5.69 Å². The maximum absolute atomic E-state index is 11.3. The second-order valence-corrected chi connectivity index (χ2v) is 4.40. The molecule has 0 aromatic carbocycles. The Morgan fingerprint density at radius 2 is 2.17 bits per heavy atom. The van der Waals surface area contributed by atoms with Gasteiger partial charge in [0.05, 0.1) is 5.69 Å². The van der Waals surface area contributed by atoms with Gasteiger partial charge in [0.25, 0.3) is 5.56 Å². The van der Waals surface area contributed by atoms with Crippen LogP contribution >= 0.6 is 0 Å². The number of hydrogen-bond donors (Lipinski definition) is 1. The predicted octanol–water partition coefficient (Wildman–Crippen LogP) is 2.03. The highest BCUT2D eigenvalue weighted by Gasteiger charge is 2.02. The number of aromatic nitrogens is 4. The first-order valence-electron chi connectivity index (χ1n) is 5.86. The van der Waals surface area contributed by atoms with Gasteiger partial charge in [-0.05, 0) is 39.0 Å². The molecule has 2 rings (SSSR count). The summed E-state index contributed by atoms with van der Waals surface area (Å²) >= 11 is 0. The molecule has 18 heavy (non-hydrogen) atoms. The number of nitrogens with one attached hydrogen (secondary N) is 1. The first-order chi connectivity index (χ1) is 8.56. The Kier molecular flexibility index (Phi) is 3.41. The van der Waals surface area contributed by atoms with Crippen LogP contribution in [0.15, 0.2) is 23.1 Å². The van der Waals surface area contributed by atoms with E-state index in [1.165, 1.54) is 6.07 Å². The molecule has 0 saturated carbocycles. The zero-order chi connectivity index (χ0) is 13.1. The number of hydrogen-bond acceptors (Lipinski definition) is 3. The quantitative estimate of drug-likeness (QED) is 0.898. The van der Waals surface area contributed by atoms with Gasteiger partial charge in [0.1, 0.15) is 5.82 Å². The number of aryl methyl sites for hydroxylation is 1. The summed E-state index contributed by atoms with van der Waals surface area (Å²) in [6.07, 6.45) is 5.43. The Morgan fingerprint density at radius 3 is 2.83 bits per heavy atom. The zero-order valence-electron chi connectivity index (χ0n) is 10.7. The molecule has 0 radical (unpaired) electrons. The molecule has 0 atom stereocenters. The Hall–Kier alpha value is -2.17. The zero-order valence-corrected chi connectivity index (χ0v) is 10.7. The molecular weight excluding hydrogens is 228 g/mol. The van der Waals surface area contributed by atoms with Crippen LogP contribution in [-0.4, -0.2) is 19.7 Å². The van der Waals surface area contributed by atoms with E-state index in [0.29, 0.717) is 17.6 Å². The van der Waals surface area contributed by atoms with Gasteiger partial charge in [0.15, 0.2) is 0 Å². The van der Waals surface area contributed by atoms with Gasteiger partial charge >= 0.3 is 0 Å². The van der Waals surface area contributed by atoms with E-state index >= 15 is 0 Å². The molecule has 0 aliphatic carbocycles. The van der Waals surface area contributed by atoms with Crippen LogP contribution in [0.3, 0.4) is 0 Å². The molecule has 0 amide bonds. The van der Waals surface area contributed by atoms with Gasteiger partial charge in [-0.1, -0.05) is 0 Å². The summed E-state index contributed by atoms with van der Waals surface area (Å²) in [7, 11) is 0. The average Bonchev–Trinajstić information content (AvgIpc) is 2.73. The van der Waals surface area contributed by atoms with Crippen LogP contribution in [0.2, 0.25) is 0 Å². The van der Waals surface area contributed by atoms with E-state index in [1.807, 2.05) is 16.8 Å². The molecule has 0 spiro atoms. The lowest BCUT2D eigenvalue weighted by molar-refractivity contribution is 0.528. The van der Waals surface area contributed by atoms with Crippen LogP contribution in [0, 0.1) is 6.92 Å². The highest BCUT2D eigenvalue weighted by Crippen LogP contribution is 2.10. The molecule has 5 nitrogen and oxygen atoms in total. The van der Waals surface area contributed by atoms with Crippen molar-refractivity contribution in [3.8, 4) is 0 Å². The van der Waals surface area contributed by atoms with Crippen molar-refractivity contribution in [2.24, 2.45) is 0 Å². The van der Waals surface area contributed by atoms with E-state index in [4.69, 9.17) is 0 Å². The third-order valence-corrected chi connectivity index (χ3v) is 2.49. The lowest BCUT2D eigenvalue weighted by Gasteiger charge is -2.07. The molecule has 2 aromatic rings. The Labute approximate surface area is 105 Å². The third kappa shape index (κ3) is 2.74. The molecule has 2 heterocycles. The lowest BCUT2D eigenvalue weighted by Crippen LogP contribution is -2.08. The van der Waals surface area contributed by atoms with Crippen molar-refractivity contribution in [1.82, 2.24) is 19.7 Å². The second kappa shape index (κ2) is 5.00. The van der Waals surface area contributed by atoms with Crippen molar-refractivity contribution in [2.45, 2.75) is 26.8 Å². The Bertz CT molecular complexity index is 622. The van der Waals surface area contributed by atoms with E-state index in [-0.39, 0.29) is 5.56 Å². The van der Waals surface area contributed by atoms with Crippen molar-refractivity contribution in [2.75, 3.05) is 0 Å². The van der Waals surface area contributed by atoms with Gasteiger partial charge in [0.2, 0.25) is 0 Å². The SMILES string of the molecule is Cc1cc(=O)[nH]c(C=Cc2ccnn2C(C)C)n1. The molecule has 0 unspecified atom stereocenters. The van der Waals surface area contributed by atoms with Crippen molar-refractivity contribution in [1.29, 1.82) is 0 Å². The molecule has 0 aliphatic heterocycles. The summed E-state index contributed by atoms with van der Waals surface area (Å²) in [6.45, 7) is 5.93. The van der Waals surface area contributed by atoms with Crippen LogP contribution in [0.4, 0.5) is 0 Å². The first kappa shape index (κ1) is 12.3. The van der Waals surface area contributed by atoms with E-state index in [2.05, 4.69) is 28.9 Å². The van der Waals surface area contributed by atoms with Crippen molar-refractivity contribution in [3.05, 3.63) is 45.9 Å². The maximum Gasteiger partial charge on any atom is 0.251 e. The van der Waals surface area contributed by atoms with Crippen LogP contribution in [0.1, 0.15) is 37.1 Å². The summed E-state index contributed by atoms with van der Waals surface area (Å²) in [5.41, 5.74) is 1.55. The fourth-order valence-corrected chi connectivity index (χ4v) is 1.73. The molecule has 2 aromatic heterocycles. The molecule has 94 valence electrons. The van der Waals surface area contributed by atoms with Gasteiger partial charge in [-0.15, -0.1) is 0 Å². The number of rotatable bonds is 3. The topological polar surface area (TPSA) is 63.6 Å². The standard InChI is InChI=1S/C13H16N4O/c1-9(2)17-11(6-7-14-17)4-5-12-15-10(3)8-13(18)16-12/h4-9H,1-3H3,(H,15,16,18). The van der Waals surface area contributed by atoms with Crippen molar-refractivity contribution in [3.63, 3.8) is 0 Å². The molecule has 0 aliphatic rings. The summed E-state index contributed by atoms with van der Waals surface area (Å²) < 4.78 is 1.91. The van der Waals surface area contributed by atoms with Gasteiger partial charge in [-0.2, -0.15) is 5.10 Å². The Morgan fingerprint density at radius 1 is 1.39 bits per heavy atom. The van der Waals surface area contributed by atoms with Crippen molar-refractivity contribution >= 4 is 12.2 Å². The predicted molar refractivity (Wildman–Crippen MR) is 71.1 cm³/mol. The fourth-order valence-electron chi connectivity index (χ4n) is 1.73. The minimum atomic E-state index is -0.139. The molecule has 5 heteroatoms. The molecule has 0 saturated heterocycles. The van der Waals surface area contributed by atoms with Gasteiger partial charge in [-0.25, -0.2) is 4.98 Å². The largest absolute Gasteiger partial charge is 0.307 e. The van der Waals surface area contributed by atoms with E-state index in [1.54, 1.807) is 19.2 Å². The Balaban J connectivity index is 2.30. The molecule has 0 fully saturated rings. The summed E-state index contributed by atoms with van der Waals surface area (Å²) in [5, 5.41) is 4.24. The minimum absolute atomic E-state index is 0.139.